The van der Waals surface area contributed by atoms with Crippen molar-refractivity contribution in [3.8, 4) is 0 Å². The molecule has 2 aromatic carbocycles. The van der Waals surface area contributed by atoms with Gasteiger partial charge in [-0.1, -0.05) is 41.1 Å². The molecular formula is C19H20ClFN3OS+. The lowest BCUT2D eigenvalue weighted by Crippen LogP contribution is -3.05. The second-order valence-electron chi connectivity index (χ2n) is 6.33. The number of nitrogens with one attached hydrogen (secondary N) is 1. The minimum Gasteiger partial charge on any atom is -0.340 e. The third kappa shape index (κ3) is 4.03. The van der Waals surface area contributed by atoms with Crippen LogP contribution in [0.15, 0.2) is 42.5 Å². The number of aromatic nitrogens is 1. The number of rotatable bonds is 6. The van der Waals surface area contributed by atoms with Gasteiger partial charge in [0, 0.05) is 13.0 Å². The molecule has 0 atom stereocenters. The van der Waals surface area contributed by atoms with Crippen LogP contribution in [0.3, 0.4) is 0 Å². The molecule has 0 fully saturated rings. The lowest BCUT2D eigenvalue weighted by molar-refractivity contribution is -0.858. The number of benzene rings is 2. The number of carbonyl (C=O) groups excluding carboxylic acids is 1. The first-order valence-corrected chi connectivity index (χ1v) is 9.57. The van der Waals surface area contributed by atoms with Crippen LogP contribution in [0, 0.1) is 5.82 Å². The van der Waals surface area contributed by atoms with Crippen molar-refractivity contribution in [3.05, 3.63) is 58.9 Å². The summed E-state index contributed by atoms with van der Waals surface area (Å²) in [6.07, 6.45) is 0.803. The first kappa shape index (κ1) is 18.8. The standard InChI is InChI=1S/C19H19ClFN3OS/c1-23(2)11-6-12-24(18(25)13-7-3-4-8-14(13)20)19-22-17-15(21)9-5-10-16(17)26-19/h3-5,7-10H,6,11-12H2,1-2H3/p+1. The maximum absolute atomic E-state index is 14.0. The first-order chi connectivity index (χ1) is 12.5. The molecule has 7 heteroatoms. The van der Waals surface area contributed by atoms with Crippen molar-refractivity contribution in [2.45, 2.75) is 6.42 Å². The molecule has 1 heterocycles. The Hall–Kier alpha value is -2.02. The SMILES string of the molecule is C[NH+](C)CCCN(C(=O)c1ccccc1Cl)c1nc2c(F)cccc2s1. The molecule has 0 aliphatic heterocycles. The number of hydrogen-bond donors (Lipinski definition) is 1. The van der Waals surface area contributed by atoms with E-state index >= 15 is 0 Å². The molecule has 0 radical (unpaired) electrons. The van der Waals surface area contributed by atoms with Gasteiger partial charge in [0.25, 0.3) is 5.91 Å². The highest BCUT2D eigenvalue weighted by molar-refractivity contribution is 7.22. The maximum atomic E-state index is 14.0. The Morgan fingerprint density at radius 2 is 2.00 bits per heavy atom. The summed E-state index contributed by atoms with van der Waals surface area (Å²) in [6, 6.07) is 11.8. The predicted octanol–water partition coefficient (Wildman–Crippen LogP) is 3.27. The van der Waals surface area contributed by atoms with Gasteiger partial charge in [-0.15, -0.1) is 0 Å². The summed E-state index contributed by atoms with van der Waals surface area (Å²) >= 11 is 7.52. The average molecular weight is 393 g/mol. The average Bonchev–Trinajstić information content (AvgIpc) is 3.03. The summed E-state index contributed by atoms with van der Waals surface area (Å²) in [4.78, 5) is 20.4. The minimum absolute atomic E-state index is 0.219. The van der Waals surface area contributed by atoms with E-state index in [-0.39, 0.29) is 11.7 Å². The highest BCUT2D eigenvalue weighted by atomic mass is 35.5. The van der Waals surface area contributed by atoms with Crippen LogP contribution in [0.25, 0.3) is 10.2 Å². The molecule has 0 unspecified atom stereocenters. The van der Waals surface area contributed by atoms with E-state index in [0.717, 1.165) is 17.7 Å². The van der Waals surface area contributed by atoms with E-state index in [2.05, 4.69) is 19.1 Å². The minimum atomic E-state index is -0.382. The first-order valence-electron chi connectivity index (χ1n) is 8.38. The van der Waals surface area contributed by atoms with Gasteiger partial charge in [0.1, 0.15) is 11.3 Å². The Morgan fingerprint density at radius 3 is 2.69 bits per heavy atom. The second kappa shape index (κ2) is 8.12. The van der Waals surface area contributed by atoms with Crippen molar-refractivity contribution < 1.29 is 14.1 Å². The van der Waals surface area contributed by atoms with E-state index in [4.69, 9.17) is 11.6 Å². The number of thiazole rings is 1. The van der Waals surface area contributed by atoms with Crippen LogP contribution < -0.4 is 9.80 Å². The number of halogens is 2. The van der Waals surface area contributed by atoms with Crippen LogP contribution in [0.4, 0.5) is 9.52 Å². The molecule has 0 saturated carbocycles. The van der Waals surface area contributed by atoms with Gasteiger partial charge in [-0.3, -0.25) is 9.69 Å². The fourth-order valence-electron chi connectivity index (χ4n) is 2.67. The number of amides is 1. The van der Waals surface area contributed by atoms with Gasteiger partial charge in [-0.2, -0.15) is 0 Å². The molecule has 1 amide bonds. The van der Waals surface area contributed by atoms with Crippen LogP contribution >= 0.6 is 22.9 Å². The van der Waals surface area contributed by atoms with E-state index in [1.807, 2.05) is 6.07 Å². The molecule has 0 aliphatic carbocycles. The van der Waals surface area contributed by atoms with Crippen LogP contribution in [-0.4, -0.2) is 38.1 Å². The number of quaternary nitrogens is 1. The Balaban J connectivity index is 1.97. The Labute approximate surface area is 160 Å². The van der Waals surface area contributed by atoms with Crippen molar-refractivity contribution in [2.24, 2.45) is 0 Å². The van der Waals surface area contributed by atoms with Crippen LogP contribution in [0.2, 0.25) is 5.02 Å². The lowest BCUT2D eigenvalue weighted by Gasteiger charge is -2.20. The Morgan fingerprint density at radius 1 is 1.23 bits per heavy atom. The van der Waals surface area contributed by atoms with Crippen molar-refractivity contribution in [1.29, 1.82) is 0 Å². The molecule has 0 bridgehead atoms. The molecule has 4 nitrogen and oxygen atoms in total. The van der Waals surface area contributed by atoms with E-state index < -0.39 is 0 Å². The van der Waals surface area contributed by atoms with E-state index in [1.165, 1.54) is 22.3 Å². The molecule has 1 N–H and O–H groups in total. The molecule has 1 aromatic heterocycles. The summed E-state index contributed by atoms with van der Waals surface area (Å²) in [5.74, 6) is -0.600. The smallest absolute Gasteiger partial charge is 0.261 e. The molecule has 0 spiro atoms. The zero-order valence-electron chi connectivity index (χ0n) is 14.6. The molecule has 0 aliphatic rings. The van der Waals surface area contributed by atoms with Gasteiger partial charge in [-0.25, -0.2) is 9.37 Å². The van der Waals surface area contributed by atoms with Gasteiger partial charge in [-0.05, 0) is 24.3 Å². The van der Waals surface area contributed by atoms with Gasteiger partial charge in [0.2, 0.25) is 0 Å². The summed E-state index contributed by atoms with van der Waals surface area (Å²) < 4.78 is 14.7. The molecule has 3 rings (SSSR count). The number of anilines is 1. The van der Waals surface area contributed by atoms with Crippen molar-refractivity contribution in [1.82, 2.24) is 4.98 Å². The number of hydrogen-bond acceptors (Lipinski definition) is 3. The third-order valence-electron chi connectivity index (χ3n) is 4.00. The van der Waals surface area contributed by atoms with E-state index in [1.54, 1.807) is 35.2 Å². The summed E-state index contributed by atoms with van der Waals surface area (Å²) in [6.45, 7) is 1.40. The largest absolute Gasteiger partial charge is 0.340 e. The van der Waals surface area contributed by atoms with Crippen molar-refractivity contribution in [3.63, 3.8) is 0 Å². The zero-order chi connectivity index (χ0) is 18.7. The van der Waals surface area contributed by atoms with E-state index in [9.17, 15) is 9.18 Å². The molecule has 0 saturated heterocycles. The Kier molecular flexibility index (Phi) is 5.86. The van der Waals surface area contributed by atoms with Crippen LogP contribution in [0.1, 0.15) is 16.8 Å². The fourth-order valence-corrected chi connectivity index (χ4v) is 3.89. The maximum Gasteiger partial charge on any atom is 0.261 e. The monoisotopic (exact) mass is 392 g/mol. The normalized spacial score (nSPS) is 11.3. The number of carbonyl (C=O) groups is 1. The van der Waals surface area contributed by atoms with Crippen molar-refractivity contribution >= 4 is 44.2 Å². The van der Waals surface area contributed by atoms with Gasteiger partial charge in [0.15, 0.2) is 5.13 Å². The van der Waals surface area contributed by atoms with Crippen molar-refractivity contribution in [2.75, 3.05) is 32.1 Å². The summed E-state index contributed by atoms with van der Waals surface area (Å²) in [5, 5.41) is 0.886. The van der Waals surface area contributed by atoms with Crippen LogP contribution in [0.5, 0.6) is 0 Å². The lowest BCUT2D eigenvalue weighted by atomic mass is 10.2. The van der Waals surface area contributed by atoms with Crippen LogP contribution in [-0.2, 0) is 0 Å². The summed E-state index contributed by atoms with van der Waals surface area (Å²) in [5.41, 5.74) is 0.716. The topological polar surface area (TPSA) is 37.6 Å². The van der Waals surface area contributed by atoms with Gasteiger partial charge in [0.05, 0.1) is 35.9 Å². The van der Waals surface area contributed by atoms with E-state index in [0.29, 0.717) is 27.8 Å². The molecule has 3 aromatic rings. The summed E-state index contributed by atoms with van der Waals surface area (Å²) in [7, 11) is 4.13. The second-order valence-corrected chi connectivity index (χ2v) is 7.75. The number of fused-ring (bicyclic) bond motifs is 1. The zero-order valence-corrected chi connectivity index (χ0v) is 16.2. The van der Waals surface area contributed by atoms with Gasteiger partial charge < -0.3 is 4.90 Å². The number of para-hydroxylation sites is 1. The highest BCUT2D eigenvalue weighted by Crippen LogP contribution is 2.31. The third-order valence-corrected chi connectivity index (χ3v) is 5.37. The predicted molar refractivity (Wildman–Crippen MR) is 105 cm³/mol. The molecule has 136 valence electrons. The highest BCUT2D eigenvalue weighted by Gasteiger charge is 2.23. The quantitative estimate of drug-likeness (QED) is 0.699. The molecule has 26 heavy (non-hydrogen) atoms. The van der Waals surface area contributed by atoms with Gasteiger partial charge >= 0.3 is 0 Å². The molecular weight excluding hydrogens is 373 g/mol. The fraction of sp³-hybridized carbons (Fsp3) is 0.263. The Bertz CT molecular complexity index is 928. The number of nitrogens with zero attached hydrogens (tertiary/aromatic N) is 2.